The predicted octanol–water partition coefficient (Wildman–Crippen LogP) is 2.30. The molecule has 0 aliphatic carbocycles. The Bertz CT molecular complexity index is 365. The van der Waals surface area contributed by atoms with Crippen molar-refractivity contribution in [1.82, 2.24) is 4.98 Å². The van der Waals surface area contributed by atoms with Gasteiger partial charge in [0, 0.05) is 12.6 Å². The van der Waals surface area contributed by atoms with Crippen LogP contribution in [-0.2, 0) is 4.79 Å². The zero-order chi connectivity index (χ0) is 11.3. The Labute approximate surface area is 89.8 Å². The van der Waals surface area contributed by atoms with Crippen LogP contribution in [0.25, 0.3) is 0 Å². The number of pyridine rings is 1. The summed E-state index contributed by atoms with van der Waals surface area (Å²) in [5, 5.41) is 8.95. The molecule has 1 atom stereocenters. The lowest BCUT2D eigenvalue weighted by atomic mass is 9.94. The quantitative estimate of drug-likeness (QED) is 0.752. The van der Waals surface area contributed by atoms with E-state index < -0.39 is 5.92 Å². The van der Waals surface area contributed by atoms with Crippen LogP contribution in [0, 0.1) is 17.2 Å². The number of aromatic nitrogens is 1. The third-order valence-electron chi connectivity index (χ3n) is 2.04. The lowest BCUT2D eigenvalue weighted by Crippen LogP contribution is -2.14. The summed E-state index contributed by atoms with van der Waals surface area (Å²) in [6.45, 7) is 3.93. The molecule has 0 radical (unpaired) electrons. The molecule has 0 saturated heterocycles. The van der Waals surface area contributed by atoms with Crippen LogP contribution < -0.4 is 0 Å². The van der Waals surface area contributed by atoms with E-state index in [0.29, 0.717) is 12.1 Å². The Morgan fingerprint density at radius 1 is 1.53 bits per heavy atom. The summed E-state index contributed by atoms with van der Waals surface area (Å²) >= 11 is 0. The van der Waals surface area contributed by atoms with Crippen molar-refractivity contribution in [1.29, 1.82) is 5.26 Å². The second-order valence-electron chi connectivity index (χ2n) is 3.88. The monoisotopic (exact) mass is 202 g/mol. The molecular formula is C12H14N2O. The smallest absolute Gasteiger partial charge is 0.156 e. The van der Waals surface area contributed by atoms with Gasteiger partial charge < -0.3 is 0 Å². The number of Topliss-reactive ketones (excluding diaryl/α,β-unsaturated/α-hetero) is 1. The summed E-state index contributed by atoms with van der Waals surface area (Å²) in [6.07, 6.45) is 2.02. The number of carbonyl (C=O) groups excluding carboxylic acids is 1. The van der Waals surface area contributed by atoms with E-state index in [1.54, 1.807) is 24.4 Å². The third kappa shape index (κ3) is 3.17. The van der Waals surface area contributed by atoms with Gasteiger partial charge >= 0.3 is 0 Å². The fourth-order valence-electron chi connectivity index (χ4n) is 1.37. The van der Waals surface area contributed by atoms with E-state index in [1.165, 1.54) is 0 Å². The minimum atomic E-state index is -0.714. The third-order valence-corrected chi connectivity index (χ3v) is 2.04. The van der Waals surface area contributed by atoms with Gasteiger partial charge in [-0.3, -0.25) is 9.78 Å². The SMILES string of the molecule is CC(C)CC(=O)C(C#N)c1ccccn1. The molecule has 0 spiro atoms. The largest absolute Gasteiger partial charge is 0.298 e. The molecule has 1 aromatic rings. The molecule has 15 heavy (non-hydrogen) atoms. The highest BCUT2D eigenvalue weighted by Crippen LogP contribution is 2.17. The summed E-state index contributed by atoms with van der Waals surface area (Å²) in [5.41, 5.74) is 0.547. The molecule has 0 bridgehead atoms. The van der Waals surface area contributed by atoms with Gasteiger partial charge in [0.15, 0.2) is 5.78 Å². The maximum atomic E-state index is 11.7. The molecule has 3 nitrogen and oxygen atoms in total. The molecule has 0 amide bonds. The fourth-order valence-corrected chi connectivity index (χ4v) is 1.37. The average Bonchev–Trinajstić information content (AvgIpc) is 2.19. The molecule has 1 aromatic heterocycles. The minimum Gasteiger partial charge on any atom is -0.298 e. The van der Waals surface area contributed by atoms with Crippen molar-refractivity contribution in [2.24, 2.45) is 5.92 Å². The van der Waals surface area contributed by atoms with Gasteiger partial charge in [0.05, 0.1) is 11.8 Å². The average molecular weight is 202 g/mol. The molecule has 3 heteroatoms. The van der Waals surface area contributed by atoms with Gasteiger partial charge in [-0.25, -0.2) is 0 Å². The molecule has 78 valence electrons. The van der Waals surface area contributed by atoms with Crippen molar-refractivity contribution in [3.05, 3.63) is 30.1 Å². The van der Waals surface area contributed by atoms with Crippen LogP contribution >= 0.6 is 0 Å². The number of nitrogens with zero attached hydrogens (tertiary/aromatic N) is 2. The van der Waals surface area contributed by atoms with Gasteiger partial charge in [0.25, 0.3) is 0 Å². The first kappa shape index (κ1) is 11.4. The van der Waals surface area contributed by atoms with E-state index in [2.05, 4.69) is 4.98 Å². The highest BCUT2D eigenvalue weighted by atomic mass is 16.1. The number of hydrogen-bond donors (Lipinski definition) is 0. The molecule has 0 aliphatic heterocycles. The Morgan fingerprint density at radius 2 is 2.27 bits per heavy atom. The first-order chi connectivity index (χ1) is 7.15. The van der Waals surface area contributed by atoms with Crippen LogP contribution in [0.15, 0.2) is 24.4 Å². The minimum absolute atomic E-state index is 0.0498. The first-order valence-corrected chi connectivity index (χ1v) is 4.98. The van der Waals surface area contributed by atoms with E-state index in [1.807, 2.05) is 19.9 Å². The zero-order valence-electron chi connectivity index (χ0n) is 8.97. The van der Waals surface area contributed by atoms with E-state index >= 15 is 0 Å². The molecular weight excluding hydrogens is 188 g/mol. The predicted molar refractivity (Wildman–Crippen MR) is 57.1 cm³/mol. The molecule has 0 aromatic carbocycles. The Morgan fingerprint density at radius 3 is 2.73 bits per heavy atom. The van der Waals surface area contributed by atoms with Crippen molar-refractivity contribution < 1.29 is 4.79 Å². The van der Waals surface area contributed by atoms with Crippen LogP contribution in [0.4, 0.5) is 0 Å². The molecule has 0 N–H and O–H groups in total. The van der Waals surface area contributed by atoms with Gasteiger partial charge in [-0.1, -0.05) is 19.9 Å². The van der Waals surface area contributed by atoms with Gasteiger partial charge in [-0.15, -0.1) is 0 Å². The van der Waals surface area contributed by atoms with Gasteiger partial charge in [0.2, 0.25) is 0 Å². The molecule has 0 aliphatic rings. The summed E-state index contributed by atoms with van der Waals surface area (Å²) in [7, 11) is 0. The van der Waals surface area contributed by atoms with Crippen LogP contribution in [0.5, 0.6) is 0 Å². The maximum absolute atomic E-state index is 11.7. The fraction of sp³-hybridized carbons (Fsp3) is 0.417. The highest BCUT2D eigenvalue weighted by Gasteiger charge is 2.21. The standard InChI is InChI=1S/C12H14N2O/c1-9(2)7-12(15)10(8-13)11-5-3-4-6-14-11/h3-6,9-10H,7H2,1-2H3. The van der Waals surface area contributed by atoms with Crippen molar-refractivity contribution in [2.75, 3.05) is 0 Å². The van der Waals surface area contributed by atoms with Crippen molar-refractivity contribution >= 4 is 5.78 Å². The van der Waals surface area contributed by atoms with Crippen LogP contribution in [-0.4, -0.2) is 10.8 Å². The van der Waals surface area contributed by atoms with Crippen molar-refractivity contribution in [3.8, 4) is 6.07 Å². The van der Waals surface area contributed by atoms with Gasteiger partial charge in [-0.05, 0) is 18.1 Å². The summed E-state index contributed by atoms with van der Waals surface area (Å²) < 4.78 is 0. The Hall–Kier alpha value is -1.69. The summed E-state index contributed by atoms with van der Waals surface area (Å²) in [5.74, 6) is -0.489. The second-order valence-corrected chi connectivity index (χ2v) is 3.88. The topological polar surface area (TPSA) is 53.8 Å². The Balaban J connectivity index is 2.82. The number of carbonyl (C=O) groups is 1. The second kappa shape index (κ2) is 5.26. The Kier molecular flexibility index (Phi) is 3.99. The first-order valence-electron chi connectivity index (χ1n) is 4.98. The maximum Gasteiger partial charge on any atom is 0.156 e. The number of rotatable bonds is 4. The van der Waals surface area contributed by atoms with Gasteiger partial charge in [-0.2, -0.15) is 5.26 Å². The summed E-state index contributed by atoms with van der Waals surface area (Å²) in [6, 6.07) is 7.28. The number of hydrogen-bond acceptors (Lipinski definition) is 3. The lowest BCUT2D eigenvalue weighted by molar-refractivity contribution is -0.120. The highest BCUT2D eigenvalue weighted by molar-refractivity contribution is 5.88. The molecule has 0 fully saturated rings. The molecule has 0 saturated carbocycles. The summed E-state index contributed by atoms with van der Waals surface area (Å²) in [4.78, 5) is 15.8. The van der Waals surface area contributed by atoms with Gasteiger partial charge in [0.1, 0.15) is 5.92 Å². The van der Waals surface area contributed by atoms with Crippen molar-refractivity contribution in [2.45, 2.75) is 26.2 Å². The van der Waals surface area contributed by atoms with E-state index in [4.69, 9.17) is 5.26 Å². The zero-order valence-corrected chi connectivity index (χ0v) is 8.97. The molecule has 1 heterocycles. The normalized spacial score (nSPS) is 12.1. The van der Waals surface area contributed by atoms with Crippen molar-refractivity contribution in [3.63, 3.8) is 0 Å². The van der Waals surface area contributed by atoms with Crippen LogP contribution in [0.2, 0.25) is 0 Å². The lowest BCUT2D eigenvalue weighted by Gasteiger charge is -2.08. The number of nitriles is 1. The molecule has 1 rings (SSSR count). The van der Waals surface area contributed by atoms with E-state index in [0.717, 1.165) is 0 Å². The number of ketones is 1. The molecule has 1 unspecified atom stereocenters. The van der Waals surface area contributed by atoms with E-state index in [-0.39, 0.29) is 11.7 Å². The van der Waals surface area contributed by atoms with Crippen LogP contribution in [0.1, 0.15) is 31.9 Å². The van der Waals surface area contributed by atoms with Crippen LogP contribution in [0.3, 0.4) is 0 Å². The van der Waals surface area contributed by atoms with E-state index in [9.17, 15) is 4.79 Å².